The SMILES string of the molecule is C=CC(=O)NC1CC2CN(S(=O)(=O)c3ccc(-c4ccno4)o3)CC2C1. The average Bonchev–Trinajstić information content (AvgIpc) is 3.35. The van der Waals surface area contributed by atoms with Gasteiger partial charge in [0.1, 0.15) is 0 Å². The number of amides is 1. The van der Waals surface area contributed by atoms with Gasteiger partial charge in [-0.25, -0.2) is 8.42 Å². The Hall–Kier alpha value is -2.39. The predicted octanol–water partition coefficient (Wildman–Crippen LogP) is 1.64. The number of sulfonamides is 1. The number of nitrogens with one attached hydrogen (secondary N) is 1. The molecule has 0 aromatic carbocycles. The standard InChI is InChI=1S/C17H19N3O5S/c1-2-16(21)19-13-7-11-9-20(10-12(11)8-13)26(22,23)17-4-3-14(24-17)15-5-6-18-25-15/h2-6,11-13H,1,7-10H2,(H,19,21). The number of rotatable bonds is 5. The Balaban J connectivity index is 1.45. The van der Waals surface area contributed by atoms with E-state index in [0.717, 1.165) is 12.8 Å². The molecule has 1 saturated carbocycles. The summed E-state index contributed by atoms with van der Waals surface area (Å²) in [4.78, 5) is 11.4. The van der Waals surface area contributed by atoms with E-state index in [9.17, 15) is 13.2 Å². The minimum absolute atomic E-state index is 0.0852. The van der Waals surface area contributed by atoms with Crippen LogP contribution in [0.15, 0.2) is 51.1 Å². The molecule has 1 N–H and O–H groups in total. The van der Waals surface area contributed by atoms with Crippen molar-refractivity contribution in [1.82, 2.24) is 14.8 Å². The van der Waals surface area contributed by atoms with Crippen molar-refractivity contribution in [2.24, 2.45) is 11.8 Å². The molecule has 2 aliphatic rings. The maximum atomic E-state index is 12.9. The van der Waals surface area contributed by atoms with E-state index in [1.807, 2.05) is 0 Å². The number of furan rings is 1. The van der Waals surface area contributed by atoms with E-state index >= 15 is 0 Å². The van der Waals surface area contributed by atoms with Crippen LogP contribution in [0.1, 0.15) is 12.8 Å². The zero-order chi connectivity index (χ0) is 18.3. The van der Waals surface area contributed by atoms with Gasteiger partial charge in [0.2, 0.25) is 16.8 Å². The highest BCUT2D eigenvalue weighted by atomic mass is 32.2. The van der Waals surface area contributed by atoms with Gasteiger partial charge < -0.3 is 14.3 Å². The third-order valence-corrected chi connectivity index (χ3v) is 6.81. The Labute approximate surface area is 150 Å². The van der Waals surface area contributed by atoms with Gasteiger partial charge in [-0.2, -0.15) is 4.31 Å². The number of carbonyl (C=O) groups is 1. The number of aromatic nitrogens is 1. The molecule has 0 radical (unpaired) electrons. The highest BCUT2D eigenvalue weighted by molar-refractivity contribution is 7.89. The number of carbonyl (C=O) groups excluding carboxylic acids is 1. The number of hydrogen-bond donors (Lipinski definition) is 1. The van der Waals surface area contributed by atoms with Crippen molar-refractivity contribution < 1.29 is 22.2 Å². The fourth-order valence-electron chi connectivity index (χ4n) is 3.89. The largest absolute Gasteiger partial charge is 0.440 e. The van der Waals surface area contributed by atoms with Gasteiger partial charge >= 0.3 is 0 Å². The van der Waals surface area contributed by atoms with Crippen LogP contribution in [-0.4, -0.2) is 42.9 Å². The van der Waals surface area contributed by atoms with Gasteiger partial charge in [-0.1, -0.05) is 11.7 Å². The van der Waals surface area contributed by atoms with E-state index in [-0.39, 0.29) is 28.9 Å². The fourth-order valence-corrected chi connectivity index (χ4v) is 5.36. The van der Waals surface area contributed by atoms with Crippen molar-refractivity contribution in [3.63, 3.8) is 0 Å². The third kappa shape index (κ3) is 2.97. The van der Waals surface area contributed by atoms with Crippen LogP contribution >= 0.6 is 0 Å². The molecule has 4 rings (SSSR count). The topological polar surface area (TPSA) is 106 Å². The summed E-state index contributed by atoms with van der Waals surface area (Å²) in [5.74, 6) is 1.00. The minimum atomic E-state index is -3.70. The molecule has 26 heavy (non-hydrogen) atoms. The van der Waals surface area contributed by atoms with Crippen molar-refractivity contribution in [1.29, 1.82) is 0 Å². The predicted molar refractivity (Wildman–Crippen MR) is 91.3 cm³/mol. The van der Waals surface area contributed by atoms with Gasteiger partial charge in [0.25, 0.3) is 10.0 Å². The van der Waals surface area contributed by atoms with Crippen molar-refractivity contribution in [3.8, 4) is 11.5 Å². The van der Waals surface area contributed by atoms with E-state index in [2.05, 4.69) is 17.1 Å². The lowest BCUT2D eigenvalue weighted by Gasteiger charge is -2.18. The van der Waals surface area contributed by atoms with Gasteiger partial charge in [0.05, 0.1) is 6.20 Å². The summed E-state index contributed by atoms with van der Waals surface area (Å²) in [7, 11) is -3.70. The summed E-state index contributed by atoms with van der Waals surface area (Å²) >= 11 is 0. The highest BCUT2D eigenvalue weighted by Crippen LogP contribution is 2.40. The van der Waals surface area contributed by atoms with Crippen LogP contribution in [0, 0.1) is 11.8 Å². The zero-order valence-corrected chi connectivity index (χ0v) is 14.8. The number of hydrogen-bond acceptors (Lipinski definition) is 6. The second-order valence-electron chi connectivity index (χ2n) is 6.72. The summed E-state index contributed by atoms with van der Waals surface area (Å²) in [5, 5.41) is 6.39. The second kappa shape index (κ2) is 6.40. The number of nitrogens with zero attached hydrogens (tertiary/aromatic N) is 2. The second-order valence-corrected chi connectivity index (χ2v) is 8.59. The van der Waals surface area contributed by atoms with Crippen LogP contribution in [0.2, 0.25) is 0 Å². The molecule has 0 spiro atoms. The Morgan fingerprint density at radius 2 is 1.96 bits per heavy atom. The molecule has 8 nitrogen and oxygen atoms in total. The quantitative estimate of drug-likeness (QED) is 0.794. The molecule has 138 valence electrons. The van der Waals surface area contributed by atoms with E-state index in [1.54, 1.807) is 12.1 Å². The third-order valence-electron chi connectivity index (χ3n) is 5.11. The van der Waals surface area contributed by atoms with Crippen molar-refractivity contribution in [2.45, 2.75) is 24.0 Å². The van der Waals surface area contributed by atoms with Gasteiger partial charge in [-0.05, 0) is 42.9 Å². The molecule has 1 amide bonds. The molecule has 3 heterocycles. The van der Waals surface area contributed by atoms with Crippen LogP contribution in [0.5, 0.6) is 0 Å². The highest BCUT2D eigenvalue weighted by Gasteiger charge is 2.45. The maximum Gasteiger partial charge on any atom is 0.276 e. The molecule has 9 heteroatoms. The lowest BCUT2D eigenvalue weighted by atomic mass is 10.0. The summed E-state index contributed by atoms with van der Waals surface area (Å²) in [6.45, 7) is 4.33. The molecule has 2 aromatic heterocycles. The van der Waals surface area contributed by atoms with Crippen LogP contribution < -0.4 is 5.32 Å². The Morgan fingerprint density at radius 1 is 1.23 bits per heavy atom. The lowest BCUT2D eigenvalue weighted by Crippen LogP contribution is -2.35. The Kier molecular flexibility index (Phi) is 4.20. The Morgan fingerprint density at radius 3 is 2.58 bits per heavy atom. The smallest absolute Gasteiger partial charge is 0.276 e. The van der Waals surface area contributed by atoms with Crippen LogP contribution in [0.25, 0.3) is 11.5 Å². The summed E-state index contributed by atoms with van der Waals surface area (Å²) in [5.41, 5.74) is 0. The molecule has 0 bridgehead atoms. The van der Waals surface area contributed by atoms with E-state index < -0.39 is 10.0 Å². The molecule has 2 atom stereocenters. The molecule has 2 unspecified atom stereocenters. The molecular formula is C17H19N3O5S. The van der Waals surface area contributed by atoms with E-state index in [4.69, 9.17) is 8.94 Å². The van der Waals surface area contributed by atoms with Gasteiger partial charge in [-0.3, -0.25) is 4.79 Å². The van der Waals surface area contributed by atoms with Crippen LogP contribution in [0.4, 0.5) is 0 Å². The Bertz CT molecular complexity index is 904. The van der Waals surface area contributed by atoms with Crippen LogP contribution in [0.3, 0.4) is 0 Å². The average molecular weight is 377 g/mol. The molecule has 1 aliphatic carbocycles. The first-order chi connectivity index (χ1) is 12.5. The fraction of sp³-hybridized carbons (Fsp3) is 0.412. The lowest BCUT2D eigenvalue weighted by molar-refractivity contribution is -0.117. The first-order valence-corrected chi connectivity index (χ1v) is 9.85. The summed E-state index contributed by atoms with van der Waals surface area (Å²) in [6, 6.07) is 4.69. The molecule has 2 fully saturated rings. The first kappa shape index (κ1) is 17.0. The normalized spacial score (nSPS) is 25.9. The van der Waals surface area contributed by atoms with E-state index in [0.29, 0.717) is 24.6 Å². The zero-order valence-electron chi connectivity index (χ0n) is 14.0. The van der Waals surface area contributed by atoms with Crippen molar-refractivity contribution in [2.75, 3.05) is 13.1 Å². The summed E-state index contributed by atoms with van der Waals surface area (Å²) < 4.78 is 37.7. The van der Waals surface area contributed by atoms with Gasteiger partial charge in [0.15, 0.2) is 5.76 Å². The van der Waals surface area contributed by atoms with Gasteiger partial charge in [0, 0.05) is 25.2 Å². The minimum Gasteiger partial charge on any atom is -0.440 e. The van der Waals surface area contributed by atoms with Gasteiger partial charge in [-0.15, -0.1) is 0 Å². The summed E-state index contributed by atoms with van der Waals surface area (Å²) in [6.07, 6.45) is 4.28. The molecule has 1 saturated heterocycles. The molecule has 2 aromatic rings. The first-order valence-electron chi connectivity index (χ1n) is 8.41. The monoisotopic (exact) mass is 377 g/mol. The van der Waals surface area contributed by atoms with Crippen LogP contribution in [-0.2, 0) is 14.8 Å². The molecular weight excluding hydrogens is 358 g/mol. The van der Waals surface area contributed by atoms with Crippen molar-refractivity contribution in [3.05, 3.63) is 37.1 Å². The maximum absolute atomic E-state index is 12.9. The molecule has 1 aliphatic heterocycles. The number of fused-ring (bicyclic) bond motifs is 1. The van der Waals surface area contributed by atoms with E-state index in [1.165, 1.54) is 22.6 Å². The van der Waals surface area contributed by atoms with Crippen molar-refractivity contribution >= 4 is 15.9 Å².